The standard InChI is InChI=1S/C25H26Cl2FN5O3/c1-14(21-18(26)4-5-19(28)22(21)27)36-25-23(29)31-13-20(32-25)17-3-2-16(24(30)34)12-15(17)6-7-33-8-10-35-11-9-33/h2-5,12-14H,6-11H2,1H3,(H2,29,31)(H2,30,34). The maximum atomic E-state index is 14.0. The van der Waals surface area contributed by atoms with Crippen molar-refractivity contribution in [1.29, 1.82) is 0 Å². The van der Waals surface area contributed by atoms with Crippen LogP contribution in [0.25, 0.3) is 11.3 Å². The van der Waals surface area contributed by atoms with Gasteiger partial charge in [0.15, 0.2) is 5.82 Å². The zero-order chi connectivity index (χ0) is 25.8. The minimum Gasteiger partial charge on any atom is -0.467 e. The van der Waals surface area contributed by atoms with Crippen molar-refractivity contribution in [2.24, 2.45) is 5.73 Å². The van der Waals surface area contributed by atoms with Crippen LogP contribution in [-0.2, 0) is 11.2 Å². The topological polar surface area (TPSA) is 117 Å². The summed E-state index contributed by atoms with van der Waals surface area (Å²) in [4.78, 5) is 22.9. The molecule has 0 aliphatic carbocycles. The predicted molar refractivity (Wildman–Crippen MR) is 137 cm³/mol. The third-order valence-corrected chi connectivity index (χ3v) is 6.72. The van der Waals surface area contributed by atoms with Gasteiger partial charge in [0.05, 0.1) is 30.1 Å². The molecule has 1 atom stereocenters. The van der Waals surface area contributed by atoms with Gasteiger partial charge in [-0.15, -0.1) is 0 Å². The molecule has 1 saturated heterocycles. The summed E-state index contributed by atoms with van der Waals surface area (Å²) in [6.07, 6.45) is 1.43. The van der Waals surface area contributed by atoms with Crippen molar-refractivity contribution in [2.75, 3.05) is 38.6 Å². The molecule has 8 nitrogen and oxygen atoms in total. The average Bonchev–Trinajstić information content (AvgIpc) is 2.87. The highest BCUT2D eigenvalue weighted by molar-refractivity contribution is 6.36. The van der Waals surface area contributed by atoms with Crippen LogP contribution in [0.3, 0.4) is 0 Å². The number of aromatic nitrogens is 2. The molecule has 4 rings (SSSR count). The number of nitrogen functional groups attached to an aromatic ring is 1. The Morgan fingerprint density at radius 3 is 2.72 bits per heavy atom. The van der Waals surface area contributed by atoms with Crippen LogP contribution in [0.5, 0.6) is 5.88 Å². The number of halogens is 3. The first-order valence-electron chi connectivity index (χ1n) is 11.4. The Morgan fingerprint density at radius 1 is 1.25 bits per heavy atom. The van der Waals surface area contributed by atoms with Crippen molar-refractivity contribution in [3.05, 3.63) is 69.1 Å². The van der Waals surface area contributed by atoms with Crippen LogP contribution >= 0.6 is 23.2 Å². The smallest absolute Gasteiger partial charge is 0.258 e. The van der Waals surface area contributed by atoms with Gasteiger partial charge < -0.3 is 20.9 Å². The monoisotopic (exact) mass is 533 g/mol. The van der Waals surface area contributed by atoms with Gasteiger partial charge in [-0.05, 0) is 43.2 Å². The summed E-state index contributed by atoms with van der Waals surface area (Å²) in [6.45, 7) is 5.50. The number of morpholine rings is 1. The van der Waals surface area contributed by atoms with Crippen LogP contribution < -0.4 is 16.2 Å². The minimum absolute atomic E-state index is 0.0505. The summed E-state index contributed by atoms with van der Waals surface area (Å²) in [5.41, 5.74) is 14.4. The fraction of sp³-hybridized carbons (Fsp3) is 0.320. The second-order valence-corrected chi connectivity index (χ2v) is 9.19. The average molecular weight is 534 g/mol. The number of hydrogen-bond acceptors (Lipinski definition) is 7. The Labute approximate surface area is 218 Å². The third kappa shape index (κ3) is 5.87. The molecule has 0 saturated carbocycles. The van der Waals surface area contributed by atoms with Crippen molar-refractivity contribution in [1.82, 2.24) is 14.9 Å². The number of amides is 1. The van der Waals surface area contributed by atoms with Gasteiger partial charge in [0.2, 0.25) is 5.91 Å². The fourth-order valence-electron chi connectivity index (χ4n) is 4.05. The van der Waals surface area contributed by atoms with Gasteiger partial charge in [0.1, 0.15) is 11.9 Å². The number of nitrogens with two attached hydrogens (primary N) is 2. The summed E-state index contributed by atoms with van der Waals surface area (Å²) in [5, 5.41) is 0.120. The molecule has 1 unspecified atom stereocenters. The lowest BCUT2D eigenvalue weighted by molar-refractivity contribution is 0.0384. The summed E-state index contributed by atoms with van der Waals surface area (Å²) < 4.78 is 25.4. The first-order valence-corrected chi connectivity index (χ1v) is 12.2. The molecule has 1 aromatic heterocycles. The number of anilines is 1. The number of primary amides is 1. The minimum atomic E-state index is -0.759. The first-order chi connectivity index (χ1) is 17.2. The van der Waals surface area contributed by atoms with Crippen molar-refractivity contribution in [2.45, 2.75) is 19.4 Å². The van der Waals surface area contributed by atoms with E-state index in [0.717, 1.165) is 30.8 Å². The SMILES string of the molecule is CC(Oc1nc(-c2ccc(C(N)=O)cc2CCN2CCOCC2)cnc1N)c1c(Cl)ccc(F)c1Cl. The molecule has 1 aliphatic rings. The van der Waals surface area contributed by atoms with E-state index >= 15 is 0 Å². The lowest BCUT2D eigenvalue weighted by atomic mass is 9.98. The molecular formula is C25H26Cl2FN5O3. The summed E-state index contributed by atoms with van der Waals surface area (Å²) in [7, 11) is 0. The van der Waals surface area contributed by atoms with E-state index in [2.05, 4.69) is 14.9 Å². The van der Waals surface area contributed by atoms with E-state index in [1.807, 2.05) is 0 Å². The Balaban J connectivity index is 1.64. The van der Waals surface area contributed by atoms with Gasteiger partial charge >= 0.3 is 0 Å². The van der Waals surface area contributed by atoms with Gasteiger partial charge in [-0.3, -0.25) is 9.69 Å². The van der Waals surface area contributed by atoms with E-state index in [-0.39, 0.29) is 27.3 Å². The number of hydrogen-bond donors (Lipinski definition) is 2. The summed E-state index contributed by atoms with van der Waals surface area (Å²) >= 11 is 12.4. The van der Waals surface area contributed by atoms with Crippen LogP contribution in [0.1, 0.15) is 34.5 Å². The van der Waals surface area contributed by atoms with Crippen LogP contribution in [0.15, 0.2) is 36.5 Å². The zero-order valence-corrected chi connectivity index (χ0v) is 21.2. The highest BCUT2D eigenvalue weighted by Gasteiger charge is 2.21. The van der Waals surface area contributed by atoms with Crippen LogP contribution in [0.2, 0.25) is 10.0 Å². The number of carbonyl (C=O) groups excluding carboxylic acids is 1. The van der Waals surface area contributed by atoms with Crippen LogP contribution in [0.4, 0.5) is 10.2 Å². The highest BCUT2D eigenvalue weighted by Crippen LogP contribution is 2.36. The third-order valence-electron chi connectivity index (χ3n) is 6.01. The van der Waals surface area contributed by atoms with E-state index in [1.165, 1.54) is 18.3 Å². The van der Waals surface area contributed by atoms with E-state index in [0.29, 0.717) is 30.9 Å². The van der Waals surface area contributed by atoms with Crippen molar-refractivity contribution < 1.29 is 18.7 Å². The molecule has 1 amide bonds. The molecule has 190 valence electrons. The van der Waals surface area contributed by atoms with Gasteiger partial charge in [-0.25, -0.2) is 14.4 Å². The quantitative estimate of drug-likeness (QED) is 0.415. The molecular weight excluding hydrogens is 508 g/mol. The first kappa shape index (κ1) is 26.1. The van der Waals surface area contributed by atoms with E-state index in [1.54, 1.807) is 25.1 Å². The van der Waals surface area contributed by atoms with E-state index < -0.39 is 17.8 Å². The van der Waals surface area contributed by atoms with Crippen LogP contribution in [-0.4, -0.2) is 53.6 Å². The molecule has 0 spiro atoms. The normalized spacial score (nSPS) is 15.0. The number of rotatable bonds is 8. The second kappa shape index (κ2) is 11.4. The number of nitrogens with zero attached hydrogens (tertiary/aromatic N) is 3. The predicted octanol–water partition coefficient (Wildman–Crippen LogP) is 4.29. The molecule has 3 aromatic rings. The molecule has 0 bridgehead atoms. The van der Waals surface area contributed by atoms with Gasteiger partial charge in [0.25, 0.3) is 5.88 Å². The Bertz CT molecular complexity index is 1270. The molecule has 0 radical (unpaired) electrons. The Hall–Kier alpha value is -2.98. The Morgan fingerprint density at radius 2 is 2.00 bits per heavy atom. The van der Waals surface area contributed by atoms with Crippen LogP contribution in [0, 0.1) is 5.82 Å². The van der Waals surface area contributed by atoms with Crippen molar-refractivity contribution in [3.8, 4) is 17.1 Å². The fourth-order valence-corrected chi connectivity index (χ4v) is 4.72. The van der Waals surface area contributed by atoms with Crippen molar-refractivity contribution in [3.63, 3.8) is 0 Å². The molecule has 1 aliphatic heterocycles. The largest absolute Gasteiger partial charge is 0.467 e. The molecule has 2 heterocycles. The number of ether oxygens (including phenoxy) is 2. The van der Waals surface area contributed by atoms with Gasteiger partial charge in [-0.1, -0.05) is 29.3 Å². The van der Waals surface area contributed by atoms with Gasteiger partial charge in [-0.2, -0.15) is 0 Å². The lowest BCUT2D eigenvalue weighted by Gasteiger charge is -2.26. The molecule has 36 heavy (non-hydrogen) atoms. The zero-order valence-electron chi connectivity index (χ0n) is 19.6. The number of benzene rings is 2. The molecule has 11 heteroatoms. The van der Waals surface area contributed by atoms with E-state index in [4.69, 9.17) is 44.1 Å². The molecule has 4 N–H and O–H groups in total. The maximum absolute atomic E-state index is 14.0. The second-order valence-electron chi connectivity index (χ2n) is 8.40. The summed E-state index contributed by atoms with van der Waals surface area (Å²) in [6, 6.07) is 7.78. The van der Waals surface area contributed by atoms with Crippen molar-refractivity contribution >= 4 is 34.9 Å². The highest BCUT2D eigenvalue weighted by atomic mass is 35.5. The van der Waals surface area contributed by atoms with Gasteiger partial charge in [0, 0.05) is 41.3 Å². The maximum Gasteiger partial charge on any atom is 0.258 e. The molecule has 2 aromatic carbocycles. The summed E-state index contributed by atoms with van der Waals surface area (Å²) in [5.74, 6) is -1.02. The van der Waals surface area contributed by atoms with E-state index in [9.17, 15) is 9.18 Å². The lowest BCUT2D eigenvalue weighted by Crippen LogP contribution is -2.37. The Kier molecular flexibility index (Phi) is 8.25. The molecule has 1 fully saturated rings. The number of carbonyl (C=O) groups is 1.